The molecule has 19 heavy (non-hydrogen) atoms. The van der Waals surface area contributed by atoms with Crippen molar-refractivity contribution in [1.82, 2.24) is 0 Å². The fraction of sp³-hybridized carbons (Fsp3) is 0.250. The van der Waals surface area contributed by atoms with Crippen molar-refractivity contribution in [3.8, 4) is 5.75 Å². The Morgan fingerprint density at radius 3 is 2.53 bits per heavy atom. The Morgan fingerprint density at radius 1 is 1.05 bits per heavy atom. The van der Waals surface area contributed by atoms with Crippen LogP contribution < -0.4 is 4.74 Å². The van der Waals surface area contributed by atoms with Crippen molar-refractivity contribution in [3.05, 3.63) is 65.7 Å². The maximum Gasteiger partial charge on any atom is 0.119 e. The van der Waals surface area contributed by atoms with E-state index in [2.05, 4.69) is 40.8 Å². The highest BCUT2D eigenvalue weighted by atomic mass is 127. The van der Waals surface area contributed by atoms with Crippen molar-refractivity contribution in [1.29, 1.82) is 0 Å². The summed E-state index contributed by atoms with van der Waals surface area (Å²) < 4.78 is 12.2. The average Bonchev–Trinajstić information content (AvgIpc) is 2.49. The maximum atomic E-state index is 6.00. The highest BCUT2D eigenvalue weighted by molar-refractivity contribution is 14.1. The molecule has 0 aromatic heterocycles. The minimum absolute atomic E-state index is 0.0934. The molecule has 0 N–H and O–H groups in total. The van der Waals surface area contributed by atoms with Crippen molar-refractivity contribution in [2.45, 2.75) is 12.7 Å². The van der Waals surface area contributed by atoms with Crippen LogP contribution in [0.2, 0.25) is 0 Å². The molecule has 2 nitrogen and oxygen atoms in total. The van der Waals surface area contributed by atoms with Crippen LogP contribution in [0.4, 0.5) is 0 Å². The van der Waals surface area contributed by atoms with Gasteiger partial charge in [0.1, 0.15) is 5.75 Å². The Kier molecular flexibility index (Phi) is 5.66. The predicted molar refractivity (Wildman–Crippen MR) is 85.9 cm³/mol. The summed E-state index contributed by atoms with van der Waals surface area (Å²) in [6, 6.07) is 18.3. The van der Waals surface area contributed by atoms with Crippen LogP contribution in [0, 0.1) is 0 Å². The Bertz CT molecular complexity index is 499. The molecule has 0 bridgehead atoms. The Hall–Kier alpha value is -1.07. The van der Waals surface area contributed by atoms with E-state index in [0.29, 0.717) is 6.61 Å². The third-order valence-electron chi connectivity index (χ3n) is 2.90. The molecule has 2 rings (SSSR count). The molecule has 2 aromatic carbocycles. The van der Waals surface area contributed by atoms with E-state index in [1.807, 2.05) is 36.4 Å². The molecule has 0 amide bonds. The zero-order valence-electron chi connectivity index (χ0n) is 10.9. The summed E-state index contributed by atoms with van der Waals surface area (Å²) >= 11 is 2.35. The first kappa shape index (κ1) is 14.3. The number of halogens is 1. The van der Waals surface area contributed by atoms with E-state index in [1.165, 1.54) is 5.56 Å². The van der Waals surface area contributed by atoms with Gasteiger partial charge >= 0.3 is 0 Å². The molecule has 3 heteroatoms. The van der Waals surface area contributed by atoms with Crippen LogP contribution in [0.25, 0.3) is 0 Å². The van der Waals surface area contributed by atoms with Gasteiger partial charge in [0.05, 0.1) is 19.8 Å². The quantitative estimate of drug-likeness (QED) is 0.556. The molecule has 0 fully saturated rings. The van der Waals surface area contributed by atoms with Crippen LogP contribution in [-0.2, 0) is 11.3 Å². The lowest BCUT2D eigenvalue weighted by atomic mass is 10.1. The molecule has 0 spiro atoms. The monoisotopic (exact) mass is 368 g/mol. The smallest absolute Gasteiger partial charge is 0.119 e. The van der Waals surface area contributed by atoms with Gasteiger partial charge in [0.15, 0.2) is 0 Å². The molecule has 0 aliphatic rings. The topological polar surface area (TPSA) is 18.5 Å². The highest BCUT2D eigenvalue weighted by Crippen LogP contribution is 2.24. The molecule has 0 saturated carbocycles. The van der Waals surface area contributed by atoms with Crippen molar-refractivity contribution in [2.75, 3.05) is 11.5 Å². The molecular weight excluding hydrogens is 351 g/mol. The van der Waals surface area contributed by atoms with Crippen molar-refractivity contribution < 1.29 is 9.47 Å². The first-order valence-electron chi connectivity index (χ1n) is 6.19. The molecule has 1 atom stereocenters. The van der Waals surface area contributed by atoms with Gasteiger partial charge in [-0.3, -0.25) is 0 Å². The van der Waals surface area contributed by atoms with Gasteiger partial charge in [-0.15, -0.1) is 0 Å². The van der Waals surface area contributed by atoms with Crippen molar-refractivity contribution in [3.63, 3.8) is 0 Å². The van der Waals surface area contributed by atoms with Gasteiger partial charge in [0.2, 0.25) is 0 Å². The lowest BCUT2D eigenvalue weighted by Crippen LogP contribution is -2.06. The summed E-state index contributed by atoms with van der Waals surface area (Å²) in [6.07, 6.45) is 0.0934. The second-order valence-electron chi connectivity index (χ2n) is 4.22. The van der Waals surface area contributed by atoms with Crippen LogP contribution >= 0.6 is 22.6 Å². The number of alkyl halides is 1. The van der Waals surface area contributed by atoms with Crippen LogP contribution in [0.1, 0.15) is 17.2 Å². The number of hydrogen-bond donors (Lipinski definition) is 0. The van der Waals surface area contributed by atoms with Gasteiger partial charge in [-0.2, -0.15) is 0 Å². The molecular formula is C16H17IO2. The van der Waals surface area contributed by atoms with Gasteiger partial charge in [0, 0.05) is 4.43 Å². The largest absolute Gasteiger partial charge is 0.497 e. The minimum atomic E-state index is 0.0934. The number of ether oxygens (including phenoxy) is 2. The number of methoxy groups -OCH3 is 1. The standard InChI is InChI=1S/C16H17IO2/c1-18-15-9-5-8-14(10-15)16(11-17)19-12-13-6-3-2-4-7-13/h2-10,16H,11-12H2,1H3. The summed E-state index contributed by atoms with van der Waals surface area (Å²) in [5.74, 6) is 0.871. The summed E-state index contributed by atoms with van der Waals surface area (Å²) in [6.45, 7) is 0.631. The van der Waals surface area contributed by atoms with Crippen LogP contribution in [0.15, 0.2) is 54.6 Å². The predicted octanol–water partition coefficient (Wildman–Crippen LogP) is 4.39. The van der Waals surface area contributed by atoms with E-state index in [9.17, 15) is 0 Å². The molecule has 1 unspecified atom stereocenters. The lowest BCUT2D eigenvalue weighted by molar-refractivity contribution is 0.0576. The van der Waals surface area contributed by atoms with Crippen molar-refractivity contribution >= 4 is 22.6 Å². The van der Waals surface area contributed by atoms with Gasteiger partial charge < -0.3 is 9.47 Å². The van der Waals surface area contributed by atoms with E-state index >= 15 is 0 Å². The second-order valence-corrected chi connectivity index (χ2v) is 5.10. The number of benzene rings is 2. The molecule has 0 radical (unpaired) electrons. The molecule has 0 aliphatic carbocycles. The zero-order chi connectivity index (χ0) is 13.5. The summed E-state index contributed by atoms with van der Waals surface area (Å²) in [5.41, 5.74) is 2.35. The number of hydrogen-bond acceptors (Lipinski definition) is 2. The fourth-order valence-corrected chi connectivity index (χ4v) is 2.61. The van der Waals surface area contributed by atoms with Crippen molar-refractivity contribution in [2.24, 2.45) is 0 Å². The van der Waals surface area contributed by atoms with Gasteiger partial charge in [-0.1, -0.05) is 65.1 Å². The zero-order valence-corrected chi connectivity index (χ0v) is 13.0. The Balaban J connectivity index is 2.03. The van der Waals surface area contributed by atoms with E-state index < -0.39 is 0 Å². The summed E-state index contributed by atoms with van der Waals surface area (Å²) in [7, 11) is 1.68. The first-order valence-corrected chi connectivity index (χ1v) is 7.71. The van der Waals surface area contributed by atoms with Gasteiger partial charge in [-0.05, 0) is 23.3 Å². The third kappa shape index (κ3) is 4.21. The van der Waals surface area contributed by atoms with E-state index in [4.69, 9.17) is 9.47 Å². The molecule has 0 aliphatic heterocycles. The van der Waals surface area contributed by atoms with Gasteiger partial charge in [-0.25, -0.2) is 0 Å². The highest BCUT2D eigenvalue weighted by Gasteiger charge is 2.11. The summed E-state index contributed by atoms with van der Waals surface area (Å²) in [4.78, 5) is 0. The lowest BCUT2D eigenvalue weighted by Gasteiger charge is -2.16. The minimum Gasteiger partial charge on any atom is -0.497 e. The van der Waals surface area contributed by atoms with Crippen LogP contribution in [0.3, 0.4) is 0 Å². The first-order chi connectivity index (χ1) is 9.33. The van der Waals surface area contributed by atoms with Crippen LogP contribution in [-0.4, -0.2) is 11.5 Å². The SMILES string of the molecule is COc1cccc(C(CI)OCc2ccccc2)c1. The summed E-state index contributed by atoms with van der Waals surface area (Å²) in [5, 5.41) is 0. The Labute approximate surface area is 127 Å². The normalized spacial score (nSPS) is 12.1. The molecule has 0 heterocycles. The molecule has 0 saturated heterocycles. The van der Waals surface area contributed by atoms with E-state index in [1.54, 1.807) is 7.11 Å². The van der Waals surface area contributed by atoms with E-state index in [0.717, 1.165) is 15.7 Å². The maximum absolute atomic E-state index is 6.00. The van der Waals surface area contributed by atoms with Gasteiger partial charge in [0.25, 0.3) is 0 Å². The average molecular weight is 368 g/mol. The second kappa shape index (κ2) is 7.50. The third-order valence-corrected chi connectivity index (χ3v) is 3.70. The number of rotatable bonds is 6. The molecule has 100 valence electrons. The molecule has 2 aromatic rings. The fourth-order valence-electron chi connectivity index (χ4n) is 1.84. The van der Waals surface area contributed by atoms with Crippen LogP contribution in [0.5, 0.6) is 5.75 Å². The Morgan fingerprint density at radius 2 is 1.84 bits per heavy atom. The van der Waals surface area contributed by atoms with E-state index in [-0.39, 0.29) is 6.10 Å².